The number of nitro groups is 1. The molecule has 1 amide bonds. The SMILES string of the molecule is CSc1ccc(C(=O)COC(=O)c2ccc(C)c([N+](=O)[O-])c2)cc1NC(C)=O. The molecular formula is C19H18N2O6S. The maximum Gasteiger partial charge on any atom is 0.338 e. The van der Waals surface area contributed by atoms with Gasteiger partial charge in [0.2, 0.25) is 5.91 Å². The van der Waals surface area contributed by atoms with Crippen molar-refractivity contribution >= 4 is 40.8 Å². The number of ether oxygens (including phenoxy) is 1. The summed E-state index contributed by atoms with van der Waals surface area (Å²) in [6, 6.07) is 8.73. The third-order valence-electron chi connectivity index (χ3n) is 3.81. The van der Waals surface area contributed by atoms with E-state index in [1.807, 2.05) is 6.26 Å². The van der Waals surface area contributed by atoms with Gasteiger partial charge in [0.15, 0.2) is 12.4 Å². The quantitative estimate of drug-likeness (QED) is 0.247. The number of esters is 1. The van der Waals surface area contributed by atoms with Crippen LogP contribution < -0.4 is 5.32 Å². The van der Waals surface area contributed by atoms with Crippen molar-refractivity contribution in [2.45, 2.75) is 18.7 Å². The molecule has 146 valence electrons. The third-order valence-corrected chi connectivity index (χ3v) is 4.60. The van der Waals surface area contributed by atoms with E-state index in [4.69, 9.17) is 4.74 Å². The summed E-state index contributed by atoms with van der Waals surface area (Å²) in [5.41, 5.74) is 0.961. The fourth-order valence-electron chi connectivity index (χ4n) is 2.40. The molecule has 28 heavy (non-hydrogen) atoms. The number of Topliss-reactive ketones (excluding diaryl/α,β-unsaturated/α-hetero) is 1. The number of ketones is 1. The summed E-state index contributed by atoms with van der Waals surface area (Å²) in [7, 11) is 0. The van der Waals surface area contributed by atoms with Crippen molar-refractivity contribution in [1.82, 2.24) is 0 Å². The van der Waals surface area contributed by atoms with Gasteiger partial charge in [0.05, 0.1) is 16.2 Å². The van der Waals surface area contributed by atoms with Gasteiger partial charge in [0, 0.05) is 29.0 Å². The third kappa shape index (κ3) is 5.17. The van der Waals surface area contributed by atoms with E-state index in [1.165, 1.54) is 36.9 Å². The summed E-state index contributed by atoms with van der Waals surface area (Å²) in [5.74, 6) is -1.57. The predicted molar refractivity (Wildman–Crippen MR) is 105 cm³/mol. The van der Waals surface area contributed by atoms with Gasteiger partial charge in [0.25, 0.3) is 5.69 Å². The Hall–Kier alpha value is -3.20. The average molecular weight is 402 g/mol. The summed E-state index contributed by atoms with van der Waals surface area (Å²) < 4.78 is 4.99. The molecule has 2 aromatic carbocycles. The summed E-state index contributed by atoms with van der Waals surface area (Å²) in [6.45, 7) is 2.39. The van der Waals surface area contributed by atoms with E-state index in [0.717, 1.165) is 11.0 Å². The first-order valence-corrected chi connectivity index (χ1v) is 9.36. The minimum atomic E-state index is -0.834. The van der Waals surface area contributed by atoms with E-state index in [-0.39, 0.29) is 22.7 Å². The Labute approximate surface area is 165 Å². The average Bonchev–Trinajstić information content (AvgIpc) is 2.65. The molecule has 2 aromatic rings. The highest BCUT2D eigenvalue weighted by Crippen LogP contribution is 2.27. The van der Waals surface area contributed by atoms with Crippen LogP contribution in [0.1, 0.15) is 33.2 Å². The van der Waals surface area contributed by atoms with Crippen molar-refractivity contribution in [3.05, 3.63) is 63.2 Å². The molecule has 8 nitrogen and oxygen atoms in total. The number of carbonyl (C=O) groups excluding carboxylic acids is 3. The number of aryl methyl sites for hydroxylation is 1. The van der Waals surface area contributed by atoms with Crippen LogP contribution in [-0.4, -0.2) is 35.4 Å². The number of amides is 1. The Morgan fingerprint density at radius 3 is 2.43 bits per heavy atom. The Morgan fingerprint density at radius 1 is 1.14 bits per heavy atom. The number of anilines is 1. The van der Waals surface area contributed by atoms with Crippen LogP contribution in [0, 0.1) is 17.0 Å². The van der Waals surface area contributed by atoms with Crippen LogP contribution >= 0.6 is 11.8 Å². The topological polar surface area (TPSA) is 116 Å². The maximum absolute atomic E-state index is 12.3. The van der Waals surface area contributed by atoms with Crippen molar-refractivity contribution in [2.75, 3.05) is 18.2 Å². The highest BCUT2D eigenvalue weighted by atomic mass is 32.2. The maximum atomic E-state index is 12.3. The van der Waals surface area contributed by atoms with Crippen LogP contribution in [-0.2, 0) is 9.53 Å². The molecule has 0 saturated heterocycles. The number of carbonyl (C=O) groups is 3. The lowest BCUT2D eigenvalue weighted by Gasteiger charge is -2.10. The molecule has 0 atom stereocenters. The Bertz CT molecular complexity index is 957. The van der Waals surface area contributed by atoms with E-state index in [9.17, 15) is 24.5 Å². The first-order chi connectivity index (χ1) is 13.2. The van der Waals surface area contributed by atoms with E-state index < -0.39 is 23.3 Å². The normalized spacial score (nSPS) is 10.2. The molecule has 0 aliphatic rings. The highest BCUT2D eigenvalue weighted by molar-refractivity contribution is 7.98. The number of hydrogen-bond donors (Lipinski definition) is 1. The molecule has 0 bridgehead atoms. The number of nitrogens with one attached hydrogen (secondary N) is 1. The summed E-state index contributed by atoms with van der Waals surface area (Å²) in [5, 5.41) is 13.6. The van der Waals surface area contributed by atoms with E-state index in [2.05, 4.69) is 5.32 Å². The molecule has 2 rings (SSSR count). The second-order valence-electron chi connectivity index (χ2n) is 5.85. The van der Waals surface area contributed by atoms with Gasteiger partial charge in [-0.05, 0) is 31.4 Å². The van der Waals surface area contributed by atoms with Gasteiger partial charge in [-0.3, -0.25) is 19.7 Å². The molecule has 9 heteroatoms. The zero-order chi connectivity index (χ0) is 20.8. The molecule has 0 aliphatic carbocycles. The molecule has 1 N–H and O–H groups in total. The van der Waals surface area contributed by atoms with Gasteiger partial charge in [-0.15, -0.1) is 11.8 Å². The van der Waals surface area contributed by atoms with Gasteiger partial charge in [-0.1, -0.05) is 12.1 Å². The molecule has 0 aliphatic heterocycles. The van der Waals surface area contributed by atoms with Crippen molar-refractivity contribution in [3.63, 3.8) is 0 Å². The molecule has 0 fully saturated rings. The van der Waals surface area contributed by atoms with Crippen LogP contribution in [0.25, 0.3) is 0 Å². The van der Waals surface area contributed by atoms with Crippen LogP contribution in [0.3, 0.4) is 0 Å². The highest BCUT2D eigenvalue weighted by Gasteiger charge is 2.18. The lowest BCUT2D eigenvalue weighted by atomic mass is 10.1. The van der Waals surface area contributed by atoms with Crippen molar-refractivity contribution in [1.29, 1.82) is 0 Å². The Kier molecular flexibility index (Phi) is 6.89. The number of rotatable bonds is 7. The number of nitro benzene ring substituents is 1. The Balaban J connectivity index is 2.11. The summed E-state index contributed by atoms with van der Waals surface area (Å²) >= 11 is 1.41. The molecule has 0 unspecified atom stereocenters. The Morgan fingerprint density at radius 2 is 1.82 bits per heavy atom. The molecule has 0 saturated carbocycles. The standard InChI is InChI=1S/C19H18N2O6S/c1-11-4-5-14(9-16(11)21(25)26)19(24)27-10-17(23)13-6-7-18(28-3)15(8-13)20-12(2)22/h4-9H,10H2,1-3H3,(H,20,22). The lowest BCUT2D eigenvalue weighted by molar-refractivity contribution is -0.385. The largest absolute Gasteiger partial charge is 0.454 e. The molecular weight excluding hydrogens is 384 g/mol. The van der Waals surface area contributed by atoms with Crippen LogP contribution in [0.5, 0.6) is 0 Å². The van der Waals surface area contributed by atoms with E-state index in [0.29, 0.717) is 11.3 Å². The van der Waals surface area contributed by atoms with Crippen molar-refractivity contribution in [3.8, 4) is 0 Å². The van der Waals surface area contributed by atoms with Gasteiger partial charge >= 0.3 is 5.97 Å². The fraction of sp³-hybridized carbons (Fsp3) is 0.211. The van der Waals surface area contributed by atoms with Gasteiger partial charge in [-0.25, -0.2) is 4.79 Å². The van der Waals surface area contributed by atoms with Gasteiger partial charge in [-0.2, -0.15) is 0 Å². The van der Waals surface area contributed by atoms with Crippen LogP contribution in [0.4, 0.5) is 11.4 Å². The zero-order valence-corrected chi connectivity index (χ0v) is 16.3. The molecule has 0 radical (unpaired) electrons. The van der Waals surface area contributed by atoms with Crippen molar-refractivity contribution in [2.24, 2.45) is 0 Å². The first kappa shape index (κ1) is 21.1. The first-order valence-electron chi connectivity index (χ1n) is 8.14. The number of thioether (sulfide) groups is 1. The second kappa shape index (κ2) is 9.14. The second-order valence-corrected chi connectivity index (χ2v) is 6.70. The number of benzene rings is 2. The van der Waals surface area contributed by atoms with Crippen molar-refractivity contribution < 1.29 is 24.0 Å². The minimum absolute atomic E-state index is 0.0123. The molecule has 0 spiro atoms. The smallest absolute Gasteiger partial charge is 0.338 e. The molecule has 0 heterocycles. The summed E-state index contributed by atoms with van der Waals surface area (Å²) in [4.78, 5) is 47.0. The zero-order valence-electron chi connectivity index (χ0n) is 15.5. The number of nitrogens with zero attached hydrogens (tertiary/aromatic N) is 1. The fourth-order valence-corrected chi connectivity index (χ4v) is 2.93. The van der Waals surface area contributed by atoms with E-state index in [1.54, 1.807) is 19.1 Å². The predicted octanol–water partition coefficient (Wildman–Crippen LogP) is 3.62. The minimum Gasteiger partial charge on any atom is -0.454 e. The lowest BCUT2D eigenvalue weighted by Crippen LogP contribution is -2.15. The van der Waals surface area contributed by atoms with Crippen LogP contribution in [0.15, 0.2) is 41.3 Å². The van der Waals surface area contributed by atoms with Gasteiger partial charge in [0.1, 0.15) is 0 Å². The summed E-state index contributed by atoms with van der Waals surface area (Å²) in [6.07, 6.45) is 1.84. The van der Waals surface area contributed by atoms with Crippen LogP contribution in [0.2, 0.25) is 0 Å². The number of hydrogen-bond acceptors (Lipinski definition) is 7. The monoisotopic (exact) mass is 402 g/mol. The van der Waals surface area contributed by atoms with E-state index >= 15 is 0 Å². The van der Waals surface area contributed by atoms with Gasteiger partial charge < -0.3 is 10.1 Å². The molecule has 0 aromatic heterocycles.